The Morgan fingerprint density at radius 1 is 1.67 bits per heavy atom. The van der Waals surface area contributed by atoms with Crippen LogP contribution in [0.2, 0.25) is 0 Å². The molecule has 78 valence electrons. The lowest BCUT2D eigenvalue weighted by molar-refractivity contribution is 0.0696. The molecule has 0 atom stereocenters. The molecule has 0 radical (unpaired) electrons. The van der Waals surface area contributed by atoms with Crippen LogP contribution in [0, 0.1) is 10.7 Å². The maximum atomic E-state index is 10.8. The van der Waals surface area contributed by atoms with E-state index in [1.807, 2.05) is 5.40 Å². The summed E-state index contributed by atoms with van der Waals surface area (Å²) in [7, 11) is 1.46. The number of carbonyl (C=O) groups is 1. The molecule has 0 bridgehead atoms. The van der Waals surface area contributed by atoms with Crippen molar-refractivity contribution in [2.24, 2.45) is 0 Å². The summed E-state index contributed by atoms with van der Waals surface area (Å²) in [5.41, 5.74) is 0.112. The molecule has 0 amide bonds. The van der Waals surface area contributed by atoms with E-state index in [0.717, 1.165) is 11.8 Å². The maximum absolute atomic E-state index is 10.8. The van der Waals surface area contributed by atoms with Crippen molar-refractivity contribution in [1.29, 1.82) is 5.26 Å². The predicted octanol–water partition coefficient (Wildman–Crippen LogP) is 2.73. The molecule has 0 saturated carbocycles. The van der Waals surface area contributed by atoms with Crippen molar-refractivity contribution in [2.75, 3.05) is 7.11 Å². The minimum atomic E-state index is -1.04. The summed E-state index contributed by atoms with van der Waals surface area (Å²) >= 11 is 4.04. The van der Waals surface area contributed by atoms with Crippen LogP contribution in [-0.2, 0) is 0 Å². The van der Waals surface area contributed by atoms with E-state index in [2.05, 4.69) is 15.9 Å². The van der Waals surface area contributed by atoms with E-state index in [1.54, 1.807) is 0 Å². The third-order valence-electron chi connectivity index (χ3n) is 1.62. The van der Waals surface area contributed by atoms with Gasteiger partial charge in [0.05, 0.1) is 22.0 Å². The van der Waals surface area contributed by atoms with Gasteiger partial charge in [-0.25, -0.2) is 4.79 Å². The molecule has 0 aliphatic carbocycles. The molecule has 0 fully saturated rings. The number of thiocyanates is 1. The second-order valence-corrected chi connectivity index (χ2v) is 4.17. The van der Waals surface area contributed by atoms with Crippen molar-refractivity contribution < 1.29 is 14.6 Å². The fraction of sp³-hybridized carbons (Fsp3) is 0.111. The highest BCUT2D eigenvalue weighted by atomic mass is 79.9. The molecule has 0 heterocycles. The summed E-state index contributed by atoms with van der Waals surface area (Å²) in [5.74, 6) is -0.579. The largest absolute Gasteiger partial charge is 0.494 e. The van der Waals surface area contributed by atoms with Crippen molar-refractivity contribution in [2.45, 2.75) is 4.90 Å². The number of methoxy groups -OCH3 is 1. The lowest BCUT2D eigenvalue weighted by Gasteiger charge is -2.08. The molecule has 1 aromatic carbocycles. The minimum Gasteiger partial charge on any atom is -0.494 e. The predicted molar refractivity (Wildman–Crippen MR) is 59.1 cm³/mol. The van der Waals surface area contributed by atoms with Gasteiger partial charge in [-0.2, -0.15) is 5.26 Å². The van der Waals surface area contributed by atoms with Crippen LogP contribution in [0.1, 0.15) is 10.4 Å². The van der Waals surface area contributed by atoms with Gasteiger partial charge in [0.25, 0.3) is 0 Å². The monoisotopic (exact) mass is 287 g/mol. The van der Waals surface area contributed by atoms with Crippen LogP contribution in [0.3, 0.4) is 0 Å². The van der Waals surface area contributed by atoms with Crippen LogP contribution in [0.4, 0.5) is 0 Å². The molecule has 1 rings (SSSR count). The fourth-order valence-corrected chi connectivity index (χ4v) is 2.34. The summed E-state index contributed by atoms with van der Waals surface area (Å²) < 4.78 is 5.57. The maximum Gasteiger partial charge on any atom is 0.335 e. The van der Waals surface area contributed by atoms with Crippen LogP contribution >= 0.6 is 27.7 Å². The first kappa shape index (κ1) is 11.9. The molecular weight excluding hydrogens is 282 g/mol. The van der Waals surface area contributed by atoms with Gasteiger partial charge in [0.1, 0.15) is 11.2 Å². The first-order valence-electron chi connectivity index (χ1n) is 3.77. The van der Waals surface area contributed by atoms with Crippen LogP contribution in [0.15, 0.2) is 21.5 Å². The van der Waals surface area contributed by atoms with Crippen molar-refractivity contribution in [1.82, 2.24) is 0 Å². The number of thioether (sulfide) groups is 1. The highest BCUT2D eigenvalue weighted by Gasteiger charge is 2.13. The molecule has 0 aliphatic rings. The zero-order valence-electron chi connectivity index (χ0n) is 7.65. The lowest BCUT2D eigenvalue weighted by Crippen LogP contribution is -1.98. The number of carboxylic acids is 1. The Bertz CT molecular complexity index is 442. The summed E-state index contributed by atoms with van der Waals surface area (Å²) in [6.45, 7) is 0. The third-order valence-corrected chi connectivity index (χ3v) is 2.82. The Balaban J connectivity index is 3.33. The average molecular weight is 288 g/mol. The summed E-state index contributed by atoms with van der Waals surface area (Å²) in [5, 5.41) is 19.2. The van der Waals surface area contributed by atoms with Gasteiger partial charge >= 0.3 is 5.97 Å². The first-order chi connectivity index (χ1) is 7.10. The molecule has 1 aromatic rings. The van der Waals surface area contributed by atoms with E-state index in [9.17, 15) is 4.79 Å². The van der Waals surface area contributed by atoms with Gasteiger partial charge in [-0.1, -0.05) is 0 Å². The normalized spacial score (nSPS) is 9.40. The number of benzene rings is 1. The second-order valence-electron chi connectivity index (χ2n) is 2.49. The van der Waals surface area contributed by atoms with Gasteiger partial charge < -0.3 is 9.84 Å². The lowest BCUT2D eigenvalue weighted by atomic mass is 10.2. The molecule has 0 saturated heterocycles. The number of nitrogens with zero attached hydrogens (tertiary/aromatic N) is 1. The number of ether oxygens (including phenoxy) is 1. The van der Waals surface area contributed by atoms with Crippen LogP contribution in [-0.4, -0.2) is 18.2 Å². The summed E-state index contributed by atoms with van der Waals surface area (Å²) in [6, 6.07) is 2.84. The molecule has 4 nitrogen and oxygen atoms in total. The number of carboxylic acid groups (broad SMARTS) is 1. The van der Waals surface area contributed by atoms with Gasteiger partial charge in [-0.05, 0) is 39.8 Å². The third kappa shape index (κ3) is 2.64. The zero-order chi connectivity index (χ0) is 11.4. The van der Waals surface area contributed by atoms with E-state index < -0.39 is 5.97 Å². The molecule has 1 N–H and O–H groups in total. The van der Waals surface area contributed by atoms with E-state index in [4.69, 9.17) is 15.1 Å². The molecule has 0 spiro atoms. The second kappa shape index (κ2) is 5.05. The van der Waals surface area contributed by atoms with Gasteiger partial charge in [0, 0.05) is 0 Å². The van der Waals surface area contributed by atoms with Gasteiger partial charge in [-0.3, -0.25) is 0 Å². The zero-order valence-corrected chi connectivity index (χ0v) is 10.1. The number of hydrogen-bond acceptors (Lipinski definition) is 4. The number of aromatic carboxylic acids is 1. The highest BCUT2D eigenvalue weighted by Crippen LogP contribution is 2.36. The van der Waals surface area contributed by atoms with E-state index in [-0.39, 0.29) is 5.56 Å². The van der Waals surface area contributed by atoms with Crippen LogP contribution < -0.4 is 4.74 Å². The van der Waals surface area contributed by atoms with Crippen LogP contribution in [0.25, 0.3) is 0 Å². The Morgan fingerprint density at radius 2 is 2.33 bits per heavy atom. The minimum absolute atomic E-state index is 0.112. The first-order valence-corrected chi connectivity index (χ1v) is 5.38. The van der Waals surface area contributed by atoms with Crippen molar-refractivity contribution in [3.63, 3.8) is 0 Å². The van der Waals surface area contributed by atoms with E-state index >= 15 is 0 Å². The number of nitriles is 1. The molecular formula is C9H6BrNO3S. The Hall–Kier alpha value is -1.19. The molecule has 0 aromatic heterocycles. The van der Waals surface area contributed by atoms with Gasteiger partial charge in [-0.15, -0.1) is 0 Å². The van der Waals surface area contributed by atoms with Gasteiger partial charge in [0.15, 0.2) is 0 Å². The summed E-state index contributed by atoms with van der Waals surface area (Å²) in [6.07, 6.45) is 0. The molecule has 15 heavy (non-hydrogen) atoms. The van der Waals surface area contributed by atoms with Crippen molar-refractivity contribution in [3.8, 4) is 11.2 Å². The smallest absolute Gasteiger partial charge is 0.335 e. The Labute approximate surface area is 99.0 Å². The van der Waals surface area contributed by atoms with Crippen molar-refractivity contribution >= 4 is 33.7 Å². The molecule has 6 heteroatoms. The summed E-state index contributed by atoms with van der Waals surface area (Å²) in [4.78, 5) is 11.2. The quantitative estimate of drug-likeness (QED) is 0.684. The topological polar surface area (TPSA) is 70.3 Å². The standard InChI is InChI=1S/C9H6BrNO3S/c1-14-8-6(10)2-5(9(12)13)3-7(8)15-4-11/h2-3H,1H3,(H,12,13). The fourth-order valence-electron chi connectivity index (χ4n) is 1.01. The van der Waals surface area contributed by atoms with Crippen LogP contribution in [0.5, 0.6) is 5.75 Å². The van der Waals surface area contributed by atoms with Crippen molar-refractivity contribution in [3.05, 3.63) is 22.2 Å². The van der Waals surface area contributed by atoms with Gasteiger partial charge in [0.2, 0.25) is 0 Å². The number of halogens is 1. The molecule has 0 aliphatic heterocycles. The van der Waals surface area contributed by atoms with E-state index in [1.165, 1.54) is 19.2 Å². The highest BCUT2D eigenvalue weighted by molar-refractivity contribution is 9.10. The average Bonchev–Trinajstić information content (AvgIpc) is 2.17. The SMILES string of the molecule is COc1c(Br)cc(C(=O)O)cc1SC#N. The number of hydrogen-bond donors (Lipinski definition) is 1. The number of rotatable bonds is 3. The molecule has 0 unspecified atom stereocenters. The van der Waals surface area contributed by atoms with E-state index in [0.29, 0.717) is 15.1 Å². The Kier molecular flexibility index (Phi) is 4.00. The Morgan fingerprint density at radius 3 is 2.80 bits per heavy atom.